The molecule has 4 nitrogen and oxygen atoms in total. The van der Waals surface area contributed by atoms with Crippen LogP contribution in [0, 0.1) is 3.57 Å². The van der Waals surface area contributed by atoms with Gasteiger partial charge in [-0.05, 0) is 29.5 Å². The van der Waals surface area contributed by atoms with E-state index in [1.165, 1.54) is 0 Å². The number of hydrogen-bond donors (Lipinski definition) is 1. The summed E-state index contributed by atoms with van der Waals surface area (Å²) in [6, 6.07) is 0. The van der Waals surface area contributed by atoms with Crippen molar-refractivity contribution in [2.75, 3.05) is 19.0 Å². The standard InChI is InChI=1S/C12H20IN3O/c1-6-14-11-9(13)10(12(2,3)4)15-8(16-11)7-17-5/h6-7H2,1-5H3,(H,14,15,16). The topological polar surface area (TPSA) is 47.0 Å². The Morgan fingerprint density at radius 3 is 2.41 bits per heavy atom. The van der Waals surface area contributed by atoms with Crippen LogP contribution >= 0.6 is 22.6 Å². The highest BCUT2D eigenvalue weighted by Gasteiger charge is 2.22. The molecule has 0 bridgehead atoms. The lowest BCUT2D eigenvalue weighted by atomic mass is 9.92. The van der Waals surface area contributed by atoms with Crippen molar-refractivity contribution in [2.24, 2.45) is 0 Å². The molecule has 1 heterocycles. The maximum Gasteiger partial charge on any atom is 0.156 e. The molecule has 0 saturated carbocycles. The summed E-state index contributed by atoms with van der Waals surface area (Å²) in [5.41, 5.74) is 1.07. The first-order chi connectivity index (χ1) is 7.90. The van der Waals surface area contributed by atoms with Gasteiger partial charge in [0.2, 0.25) is 0 Å². The van der Waals surface area contributed by atoms with Crippen molar-refractivity contribution in [1.82, 2.24) is 9.97 Å². The minimum Gasteiger partial charge on any atom is -0.377 e. The number of aromatic nitrogens is 2. The molecule has 0 atom stereocenters. The summed E-state index contributed by atoms with van der Waals surface area (Å²) < 4.78 is 6.21. The van der Waals surface area contributed by atoms with Crippen LogP contribution in [0.25, 0.3) is 0 Å². The first-order valence-corrected chi connectivity index (χ1v) is 6.77. The Bertz CT molecular complexity index is 388. The van der Waals surface area contributed by atoms with Gasteiger partial charge in [0.15, 0.2) is 5.82 Å². The van der Waals surface area contributed by atoms with Gasteiger partial charge in [-0.2, -0.15) is 0 Å². The number of rotatable bonds is 4. The fraction of sp³-hybridized carbons (Fsp3) is 0.667. The van der Waals surface area contributed by atoms with Crippen molar-refractivity contribution in [3.05, 3.63) is 15.1 Å². The quantitative estimate of drug-likeness (QED) is 0.849. The molecular weight excluding hydrogens is 329 g/mol. The lowest BCUT2D eigenvalue weighted by Gasteiger charge is -2.22. The van der Waals surface area contributed by atoms with E-state index in [9.17, 15) is 0 Å². The largest absolute Gasteiger partial charge is 0.377 e. The molecule has 5 heteroatoms. The van der Waals surface area contributed by atoms with Crippen molar-refractivity contribution in [3.63, 3.8) is 0 Å². The maximum atomic E-state index is 5.11. The highest BCUT2D eigenvalue weighted by Crippen LogP contribution is 2.29. The first kappa shape index (κ1) is 14.6. The second-order valence-electron chi connectivity index (χ2n) is 4.86. The van der Waals surface area contributed by atoms with E-state index >= 15 is 0 Å². The highest BCUT2D eigenvalue weighted by molar-refractivity contribution is 14.1. The molecule has 0 aliphatic carbocycles. The summed E-state index contributed by atoms with van der Waals surface area (Å²) in [4.78, 5) is 9.06. The van der Waals surface area contributed by atoms with Crippen LogP contribution < -0.4 is 5.32 Å². The Hall–Kier alpha value is -0.430. The van der Waals surface area contributed by atoms with Crippen molar-refractivity contribution in [1.29, 1.82) is 0 Å². The van der Waals surface area contributed by atoms with Gasteiger partial charge >= 0.3 is 0 Å². The molecule has 17 heavy (non-hydrogen) atoms. The molecule has 0 aliphatic rings. The van der Waals surface area contributed by atoms with Crippen LogP contribution in [0.15, 0.2) is 0 Å². The number of halogens is 1. The summed E-state index contributed by atoms with van der Waals surface area (Å²) >= 11 is 2.31. The minimum atomic E-state index is 0.00608. The monoisotopic (exact) mass is 349 g/mol. The van der Waals surface area contributed by atoms with Crippen molar-refractivity contribution in [2.45, 2.75) is 39.7 Å². The van der Waals surface area contributed by atoms with E-state index in [1.54, 1.807) is 7.11 Å². The number of nitrogens with zero attached hydrogens (tertiary/aromatic N) is 2. The molecular formula is C12H20IN3O. The van der Waals surface area contributed by atoms with Gasteiger partial charge in [0.05, 0.1) is 9.26 Å². The molecule has 0 fully saturated rings. The van der Waals surface area contributed by atoms with Crippen molar-refractivity contribution < 1.29 is 4.74 Å². The van der Waals surface area contributed by atoms with Gasteiger partial charge in [0.1, 0.15) is 12.4 Å². The van der Waals surface area contributed by atoms with Crippen molar-refractivity contribution >= 4 is 28.4 Å². The van der Waals surface area contributed by atoms with E-state index in [1.807, 2.05) is 0 Å². The van der Waals surface area contributed by atoms with E-state index in [0.29, 0.717) is 6.61 Å². The van der Waals surface area contributed by atoms with Gasteiger partial charge in [0.25, 0.3) is 0 Å². The van der Waals surface area contributed by atoms with Gasteiger partial charge in [-0.3, -0.25) is 0 Å². The molecule has 0 radical (unpaired) electrons. The predicted octanol–water partition coefficient (Wildman–Crippen LogP) is 2.96. The maximum absolute atomic E-state index is 5.11. The SMILES string of the molecule is CCNc1nc(COC)nc(C(C)(C)C)c1I. The zero-order chi connectivity index (χ0) is 13.1. The fourth-order valence-electron chi connectivity index (χ4n) is 1.47. The molecule has 1 rings (SSSR count). The summed E-state index contributed by atoms with van der Waals surface area (Å²) in [6.07, 6.45) is 0. The van der Waals surface area contributed by atoms with E-state index in [0.717, 1.165) is 27.5 Å². The van der Waals surface area contributed by atoms with Gasteiger partial charge in [-0.15, -0.1) is 0 Å². The summed E-state index contributed by atoms with van der Waals surface area (Å²) in [5.74, 6) is 1.63. The zero-order valence-electron chi connectivity index (χ0n) is 11.1. The Morgan fingerprint density at radius 2 is 1.94 bits per heavy atom. The number of nitrogens with one attached hydrogen (secondary N) is 1. The molecule has 0 aromatic carbocycles. The molecule has 1 aromatic heterocycles. The van der Waals surface area contributed by atoms with Gasteiger partial charge in [-0.1, -0.05) is 20.8 Å². The molecule has 0 saturated heterocycles. The Balaban J connectivity index is 3.27. The van der Waals surface area contributed by atoms with E-state index in [4.69, 9.17) is 4.74 Å². The van der Waals surface area contributed by atoms with E-state index in [-0.39, 0.29) is 5.41 Å². The van der Waals surface area contributed by atoms with Crippen LogP contribution in [-0.4, -0.2) is 23.6 Å². The smallest absolute Gasteiger partial charge is 0.156 e. The average Bonchev–Trinajstić information content (AvgIpc) is 2.21. The zero-order valence-corrected chi connectivity index (χ0v) is 13.3. The number of anilines is 1. The fourth-order valence-corrected chi connectivity index (χ4v) is 2.71. The Kier molecular flexibility index (Phi) is 5.12. The Morgan fingerprint density at radius 1 is 1.29 bits per heavy atom. The number of methoxy groups -OCH3 is 1. The molecule has 0 unspecified atom stereocenters. The Labute approximate surface area is 117 Å². The molecule has 0 spiro atoms. The minimum absolute atomic E-state index is 0.00608. The lowest BCUT2D eigenvalue weighted by Crippen LogP contribution is -2.20. The summed E-state index contributed by atoms with van der Waals surface area (Å²) in [6.45, 7) is 9.82. The third-order valence-corrected chi connectivity index (χ3v) is 3.25. The number of hydrogen-bond acceptors (Lipinski definition) is 4. The summed E-state index contributed by atoms with van der Waals surface area (Å²) in [7, 11) is 1.66. The number of ether oxygens (including phenoxy) is 1. The predicted molar refractivity (Wildman–Crippen MR) is 78.3 cm³/mol. The second-order valence-corrected chi connectivity index (χ2v) is 5.94. The van der Waals surface area contributed by atoms with E-state index in [2.05, 4.69) is 65.6 Å². The third kappa shape index (κ3) is 3.77. The normalized spacial score (nSPS) is 11.6. The van der Waals surface area contributed by atoms with Crippen LogP contribution in [0.1, 0.15) is 39.2 Å². The van der Waals surface area contributed by atoms with Crippen molar-refractivity contribution in [3.8, 4) is 0 Å². The molecule has 96 valence electrons. The average molecular weight is 349 g/mol. The lowest BCUT2D eigenvalue weighted by molar-refractivity contribution is 0.177. The highest BCUT2D eigenvalue weighted by atomic mass is 127. The van der Waals surface area contributed by atoms with Crippen LogP contribution in [0.4, 0.5) is 5.82 Å². The van der Waals surface area contributed by atoms with Crippen LogP contribution in [0.3, 0.4) is 0 Å². The third-order valence-electron chi connectivity index (χ3n) is 2.23. The van der Waals surface area contributed by atoms with Crippen LogP contribution in [0.2, 0.25) is 0 Å². The molecule has 1 N–H and O–H groups in total. The molecule has 0 amide bonds. The van der Waals surface area contributed by atoms with Crippen LogP contribution in [-0.2, 0) is 16.8 Å². The second kappa shape index (κ2) is 5.95. The summed E-state index contributed by atoms with van der Waals surface area (Å²) in [5, 5.41) is 3.27. The van der Waals surface area contributed by atoms with Gasteiger partial charge in [-0.25, -0.2) is 9.97 Å². The van der Waals surface area contributed by atoms with Gasteiger partial charge < -0.3 is 10.1 Å². The van der Waals surface area contributed by atoms with Crippen LogP contribution in [0.5, 0.6) is 0 Å². The molecule has 0 aliphatic heterocycles. The first-order valence-electron chi connectivity index (χ1n) is 5.69. The molecule has 1 aromatic rings. The van der Waals surface area contributed by atoms with E-state index < -0.39 is 0 Å². The van der Waals surface area contributed by atoms with Gasteiger partial charge in [0, 0.05) is 19.1 Å².